The van der Waals surface area contributed by atoms with Crippen molar-refractivity contribution in [1.82, 2.24) is 9.88 Å². The van der Waals surface area contributed by atoms with Crippen LogP contribution in [-0.4, -0.2) is 56.3 Å². The summed E-state index contributed by atoms with van der Waals surface area (Å²) < 4.78 is 17.6. The highest BCUT2D eigenvalue weighted by atomic mass is 16.5. The summed E-state index contributed by atoms with van der Waals surface area (Å²) in [6.07, 6.45) is 6.61. The fraction of sp³-hybridized carbons (Fsp3) is 0.630. The van der Waals surface area contributed by atoms with Crippen LogP contribution in [-0.2, 0) is 16.0 Å². The zero-order chi connectivity index (χ0) is 23.7. The molecule has 1 aromatic carbocycles. The Morgan fingerprint density at radius 1 is 1.21 bits per heavy atom. The molecule has 3 aliphatic rings. The first-order valence-corrected chi connectivity index (χ1v) is 12.7. The van der Waals surface area contributed by atoms with E-state index in [9.17, 15) is 4.79 Å². The summed E-state index contributed by atoms with van der Waals surface area (Å²) in [6.45, 7) is 9.90. The number of pyridine rings is 1. The van der Waals surface area contributed by atoms with E-state index in [4.69, 9.17) is 19.2 Å². The van der Waals surface area contributed by atoms with E-state index in [0.717, 1.165) is 59.7 Å². The summed E-state index contributed by atoms with van der Waals surface area (Å²) in [7, 11) is 1.67. The van der Waals surface area contributed by atoms with Crippen LogP contribution in [0.5, 0.6) is 11.5 Å². The van der Waals surface area contributed by atoms with Gasteiger partial charge in [-0.1, -0.05) is 13.8 Å². The maximum absolute atomic E-state index is 11.4. The van der Waals surface area contributed by atoms with Crippen molar-refractivity contribution in [1.29, 1.82) is 0 Å². The molecule has 1 N–H and O–H groups in total. The van der Waals surface area contributed by atoms with Crippen LogP contribution in [0.2, 0.25) is 0 Å². The molecule has 0 bridgehead atoms. The monoisotopic (exact) mass is 467 g/mol. The average Bonchev–Trinajstić information content (AvgIpc) is 3.42. The molecule has 34 heavy (non-hydrogen) atoms. The number of hydrogen-bond acceptors (Lipinski definition) is 7. The molecule has 1 aliphatic heterocycles. The molecule has 7 heteroatoms. The second kappa shape index (κ2) is 9.61. The Morgan fingerprint density at radius 2 is 2.00 bits per heavy atom. The van der Waals surface area contributed by atoms with Gasteiger partial charge in [-0.25, -0.2) is 4.98 Å². The van der Waals surface area contributed by atoms with Gasteiger partial charge in [-0.2, -0.15) is 0 Å². The van der Waals surface area contributed by atoms with Gasteiger partial charge in [0.25, 0.3) is 6.47 Å². The topological polar surface area (TPSA) is 72.9 Å². The Bertz CT molecular complexity index is 1040. The number of nitrogens with one attached hydrogen (secondary N) is 1. The number of methoxy groups -OCH3 is 1. The van der Waals surface area contributed by atoms with Gasteiger partial charge in [0.1, 0.15) is 11.9 Å². The number of carbonyl (C=O) groups is 1. The normalized spacial score (nSPS) is 21.4. The van der Waals surface area contributed by atoms with Crippen LogP contribution in [0.25, 0.3) is 10.9 Å². The second-order valence-electron chi connectivity index (χ2n) is 10.7. The molecule has 0 radical (unpaired) electrons. The third kappa shape index (κ3) is 4.67. The van der Waals surface area contributed by atoms with Gasteiger partial charge in [0.15, 0.2) is 11.5 Å². The number of hydrogen-bond donors (Lipinski definition) is 1. The number of carbonyl (C=O) groups excluding carboxylic acids is 1. The Labute approximate surface area is 202 Å². The summed E-state index contributed by atoms with van der Waals surface area (Å²) in [5.41, 5.74) is 2.81. The first-order valence-electron chi connectivity index (χ1n) is 12.7. The number of rotatable bonds is 11. The van der Waals surface area contributed by atoms with Crippen LogP contribution in [0, 0.1) is 11.3 Å². The lowest BCUT2D eigenvalue weighted by Gasteiger charge is -2.26. The van der Waals surface area contributed by atoms with Crippen molar-refractivity contribution in [3.8, 4) is 11.5 Å². The van der Waals surface area contributed by atoms with Crippen LogP contribution in [0.3, 0.4) is 0 Å². The molecular weight excluding hydrogens is 430 g/mol. The molecule has 2 aromatic rings. The van der Waals surface area contributed by atoms with Gasteiger partial charge in [0, 0.05) is 41.1 Å². The average molecular weight is 468 g/mol. The summed E-state index contributed by atoms with van der Waals surface area (Å²) >= 11 is 0. The van der Waals surface area contributed by atoms with Gasteiger partial charge in [-0.05, 0) is 63.6 Å². The summed E-state index contributed by atoms with van der Waals surface area (Å²) in [6, 6.07) is 3.99. The summed E-state index contributed by atoms with van der Waals surface area (Å²) in [5.74, 6) is 3.03. The predicted octanol–water partition coefficient (Wildman–Crippen LogP) is 4.73. The Morgan fingerprint density at radius 3 is 2.71 bits per heavy atom. The van der Waals surface area contributed by atoms with Crippen molar-refractivity contribution >= 4 is 23.2 Å². The molecule has 7 nitrogen and oxygen atoms in total. The fourth-order valence-corrected chi connectivity index (χ4v) is 5.52. The number of aromatic nitrogens is 1. The molecule has 1 saturated heterocycles. The minimum absolute atomic E-state index is 0.215. The van der Waals surface area contributed by atoms with Crippen LogP contribution >= 0.6 is 0 Å². The molecule has 2 heterocycles. The Balaban J connectivity index is 1.47. The lowest BCUT2D eigenvalue weighted by molar-refractivity contribution is -0.138. The van der Waals surface area contributed by atoms with Gasteiger partial charge in [-0.15, -0.1) is 0 Å². The molecule has 184 valence electrons. The van der Waals surface area contributed by atoms with E-state index in [1.54, 1.807) is 7.11 Å². The zero-order valence-electron chi connectivity index (χ0n) is 20.7. The third-order valence-electron chi connectivity index (χ3n) is 7.54. The maximum Gasteiger partial charge on any atom is 0.293 e. The van der Waals surface area contributed by atoms with Crippen molar-refractivity contribution in [2.75, 3.05) is 45.2 Å². The first kappa shape index (κ1) is 23.2. The Kier molecular flexibility index (Phi) is 6.56. The van der Waals surface area contributed by atoms with E-state index >= 15 is 0 Å². The van der Waals surface area contributed by atoms with Gasteiger partial charge < -0.3 is 24.4 Å². The lowest BCUT2D eigenvalue weighted by atomic mass is 9.87. The number of fused-ring (bicyclic) bond motifs is 3. The molecule has 1 aromatic heterocycles. The smallest absolute Gasteiger partial charge is 0.293 e. The summed E-state index contributed by atoms with van der Waals surface area (Å²) in [4.78, 5) is 19.0. The number of anilines is 1. The molecule has 2 fully saturated rings. The number of benzene rings is 1. The van der Waals surface area contributed by atoms with E-state index in [-0.39, 0.29) is 11.5 Å². The highest BCUT2D eigenvalue weighted by Crippen LogP contribution is 2.52. The number of likely N-dealkylation sites (tertiary alicyclic amines) is 1. The largest absolute Gasteiger partial charge is 0.493 e. The van der Waals surface area contributed by atoms with Gasteiger partial charge >= 0.3 is 0 Å². The predicted molar refractivity (Wildman–Crippen MR) is 133 cm³/mol. The van der Waals surface area contributed by atoms with Crippen molar-refractivity contribution in [3.63, 3.8) is 0 Å². The van der Waals surface area contributed by atoms with Crippen LogP contribution in [0.1, 0.15) is 63.2 Å². The minimum atomic E-state index is -0.330. The maximum atomic E-state index is 11.4. The molecule has 5 rings (SSSR count). The van der Waals surface area contributed by atoms with Crippen molar-refractivity contribution in [2.45, 2.75) is 58.5 Å². The molecule has 1 atom stereocenters. The Hall–Kier alpha value is -2.54. The van der Waals surface area contributed by atoms with Gasteiger partial charge in [-0.3, -0.25) is 4.79 Å². The molecule has 2 aliphatic carbocycles. The van der Waals surface area contributed by atoms with E-state index in [1.807, 2.05) is 12.1 Å². The van der Waals surface area contributed by atoms with Crippen LogP contribution in [0.15, 0.2) is 12.1 Å². The van der Waals surface area contributed by atoms with Crippen molar-refractivity contribution < 1.29 is 19.0 Å². The van der Waals surface area contributed by atoms with E-state index in [0.29, 0.717) is 24.6 Å². The van der Waals surface area contributed by atoms with E-state index < -0.39 is 0 Å². The zero-order valence-corrected chi connectivity index (χ0v) is 20.7. The highest BCUT2D eigenvalue weighted by molar-refractivity contribution is 5.90. The molecule has 0 amide bonds. The van der Waals surface area contributed by atoms with Crippen LogP contribution < -0.4 is 14.8 Å². The molecule has 1 unspecified atom stereocenters. The minimum Gasteiger partial charge on any atom is -0.493 e. The van der Waals surface area contributed by atoms with Crippen molar-refractivity contribution in [3.05, 3.63) is 23.3 Å². The summed E-state index contributed by atoms with van der Waals surface area (Å²) in [5, 5.41) is 4.56. The van der Waals surface area contributed by atoms with Gasteiger partial charge in [0.2, 0.25) is 0 Å². The second-order valence-corrected chi connectivity index (χ2v) is 10.7. The lowest BCUT2D eigenvalue weighted by Crippen LogP contribution is -2.22. The van der Waals surface area contributed by atoms with E-state index in [1.165, 1.54) is 38.8 Å². The number of nitrogens with zero attached hydrogens (tertiary/aromatic N) is 2. The van der Waals surface area contributed by atoms with Crippen LogP contribution in [0.4, 0.5) is 5.82 Å². The fourth-order valence-electron chi connectivity index (χ4n) is 5.52. The quantitative estimate of drug-likeness (QED) is 0.378. The molecule has 1 saturated carbocycles. The van der Waals surface area contributed by atoms with E-state index in [2.05, 4.69) is 24.1 Å². The SMILES string of the molecule is COc1cc2c3c(c(NCC4CC4)nc2cc1OCCCN1CCCC1)CC(C)(C)C3OC=O. The molecule has 0 spiro atoms. The van der Waals surface area contributed by atoms with Crippen molar-refractivity contribution in [2.24, 2.45) is 11.3 Å². The number of ether oxygens (including phenoxy) is 3. The van der Waals surface area contributed by atoms with Gasteiger partial charge in [0.05, 0.1) is 19.2 Å². The highest BCUT2D eigenvalue weighted by Gasteiger charge is 2.44. The first-order chi connectivity index (χ1) is 16.5. The third-order valence-corrected chi connectivity index (χ3v) is 7.54. The standard InChI is InChI=1S/C27H37N3O4/c1-27(2)15-20-24(25(27)34-17-31)19-13-22(32-3)23(33-12-6-11-30-9-4-5-10-30)14-21(19)29-26(20)28-16-18-7-8-18/h13-14,17-18,25H,4-12,15-16H2,1-3H3,(H,28,29). The molecular formula is C27H37N3O4.